The molecule has 1 unspecified atom stereocenters. The van der Waals surface area contributed by atoms with Gasteiger partial charge in [0.05, 0.1) is 4.75 Å². The summed E-state index contributed by atoms with van der Waals surface area (Å²) in [4.78, 5) is 0. The number of benzene rings is 2. The van der Waals surface area contributed by atoms with Crippen molar-refractivity contribution in [3.05, 3.63) is 65.7 Å². The average molecular weight is 419 g/mol. The van der Waals surface area contributed by atoms with Crippen molar-refractivity contribution in [2.24, 2.45) is 0 Å². The summed E-state index contributed by atoms with van der Waals surface area (Å²) in [5.41, 5.74) is 1.69. The summed E-state index contributed by atoms with van der Waals surface area (Å²) in [5, 5.41) is 14.3. The van der Waals surface area contributed by atoms with Crippen molar-refractivity contribution in [3.8, 4) is 0 Å². The predicted octanol–water partition coefficient (Wildman–Crippen LogP) is 4.24. The molecule has 3 N–H and O–H groups in total. The molecule has 0 bridgehead atoms. The van der Waals surface area contributed by atoms with Crippen molar-refractivity contribution in [2.75, 3.05) is 18.4 Å². The molecule has 2 aromatic carbocycles. The Hall–Kier alpha value is -1.89. The fourth-order valence-corrected chi connectivity index (χ4v) is 3.77. The number of hydrogen-bond donors (Lipinski definition) is 3. The van der Waals surface area contributed by atoms with Crippen LogP contribution in [-0.4, -0.2) is 31.4 Å². The number of nitrogens with one attached hydrogen (secondary N) is 2. The third-order valence-electron chi connectivity index (χ3n) is 5.06. The highest BCUT2D eigenvalue weighted by molar-refractivity contribution is 7.90. The van der Waals surface area contributed by atoms with E-state index in [0.717, 1.165) is 42.6 Å². The molecule has 6 heteroatoms. The van der Waals surface area contributed by atoms with Crippen LogP contribution >= 0.6 is 0 Å². The van der Waals surface area contributed by atoms with Crippen molar-refractivity contribution in [3.63, 3.8) is 0 Å². The van der Waals surface area contributed by atoms with Crippen LogP contribution in [-0.2, 0) is 15.6 Å². The minimum Gasteiger partial charge on any atom is -0.385 e. The molecule has 0 aliphatic rings. The highest BCUT2D eigenvalue weighted by Gasteiger charge is 2.28. The Balaban J connectivity index is 1.73. The van der Waals surface area contributed by atoms with Gasteiger partial charge in [-0.15, -0.1) is 0 Å². The number of rotatable bonds is 10. The van der Waals surface area contributed by atoms with E-state index in [2.05, 4.69) is 10.0 Å². The summed E-state index contributed by atoms with van der Waals surface area (Å²) >= 11 is 0. The standard InChI is InChI=1S/C23H34N2O3S/c1-22(2,3)29(27,28)25-18-10-6-9-17-24-21-15-13-20(14-16-21)23(4,26)19-11-7-5-8-12-19/h5,7-8,11-16,24-26H,6,9-10,17-18H2,1-4H3. The molecule has 0 spiro atoms. The lowest BCUT2D eigenvalue weighted by Gasteiger charge is -2.24. The summed E-state index contributed by atoms with van der Waals surface area (Å²) in [6.45, 7) is 8.19. The molecule has 0 aliphatic heterocycles. The first-order valence-corrected chi connectivity index (χ1v) is 11.6. The summed E-state index contributed by atoms with van der Waals surface area (Å²) < 4.78 is 25.8. The van der Waals surface area contributed by atoms with E-state index in [4.69, 9.17) is 0 Å². The Bertz CT molecular complexity index is 855. The Kier molecular flexibility index (Phi) is 7.86. The Morgan fingerprint density at radius 1 is 0.793 bits per heavy atom. The predicted molar refractivity (Wildman–Crippen MR) is 121 cm³/mol. The second kappa shape index (κ2) is 9.74. The molecule has 160 valence electrons. The van der Waals surface area contributed by atoms with Crippen molar-refractivity contribution < 1.29 is 13.5 Å². The SMILES string of the molecule is CC(O)(c1ccccc1)c1ccc(NCCCCCNS(=O)(=O)C(C)(C)C)cc1. The number of aliphatic hydroxyl groups is 1. The van der Waals surface area contributed by atoms with Gasteiger partial charge in [0.2, 0.25) is 10.0 Å². The van der Waals surface area contributed by atoms with Crippen molar-refractivity contribution in [1.82, 2.24) is 4.72 Å². The fraction of sp³-hybridized carbons (Fsp3) is 0.478. The van der Waals surface area contributed by atoms with Crippen LogP contribution in [0.1, 0.15) is 58.1 Å². The minimum absolute atomic E-state index is 0.475. The molecule has 0 aromatic heterocycles. The zero-order chi connectivity index (χ0) is 21.5. The monoisotopic (exact) mass is 418 g/mol. The zero-order valence-corrected chi connectivity index (χ0v) is 18.7. The third-order valence-corrected chi connectivity index (χ3v) is 7.26. The maximum Gasteiger partial charge on any atom is 0.216 e. The molecule has 0 saturated heterocycles. The smallest absolute Gasteiger partial charge is 0.216 e. The minimum atomic E-state index is -3.26. The van der Waals surface area contributed by atoms with Crippen LogP contribution in [0.15, 0.2) is 54.6 Å². The van der Waals surface area contributed by atoms with E-state index in [1.54, 1.807) is 27.7 Å². The molecule has 0 amide bonds. The molecule has 0 aliphatic carbocycles. The zero-order valence-electron chi connectivity index (χ0n) is 17.9. The summed E-state index contributed by atoms with van der Waals surface area (Å²) in [7, 11) is -3.26. The lowest BCUT2D eigenvalue weighted by molar-refractivity contribution is 0.102. The fourth-order valence-electron chi connectivity index (χ4n) is 2.92. The summed E-state index contributed by atoms with van der Waals surface area (Å²) in [5.74, 6) is 0. The number of unbranched alkanes of at least 4 members (excludes halogenated alkanes) is 2. The van der Waals surface area contributed by atoms with Crippen LogP contribution in [0.2, 0.25) is 0 Å². The Morgan fingerprint density at radius 3 is 1.93 bits per heavy atom. The lowest BCUT2D eigenvalue weighted by Crippen LogP contribution is -2.39. The van der Waals surface area contributed by atoms with Crippen LogP contribution in [0.4, 0.5) is 5.69 Å². The maximum absolute atomic E-state index is 12.0. The van der Waals surface area contributed by atoms with Crippen molar-refractivity contribution in [1.29, 1.82) is 0 Å². The topological polar surface area (TPSA) is 78.4 Å². The van der Waals surface area contributed by atoms with Crippen LogP contribution < -0.4 is 10.0 Å². The van der Waals surface area contributed by atoms with Crippen LogP contribution in [0, 0.1) is 0 Å². The number of sulfonamides is 1. The van der Waals surface area contributed by atoms with E-state index in [1.165, 1.54) is 0 Å². The van der Waals surface area contributed by atoms with Gasteiger partial charge in [-0.1, -0.05) is 48.9 Å². The summed E-state index contributed by atoms with van der Waals surface area (Å²) in [6.07, 6.45) is 2.72. The van der Waals surface area contributed by atoms with E-state index < -0.39 is 20.4 Å². The molecule has 0 heterocycles. The molecule has 0 saturated carbocycles. The van der Waals surface area contributed by atoms with Gasteiger partial charge in [0.25, 0.3) is 0 Å². The number of hydrogen-bond acceptors (Lipinski definition) is 4. The highest BCUT2D eigenvalue weighted by atomic mass is 32.2. The van der Waals surface area contributed by atoms with E-state index in [-0.39, 0.29) is 0 Å². The van der Waals surface area contributed by atoms with Gasteiger partial charge in [-0.05, 0) is 63.8 Å². The van der Waals surface area contributed by atoms with Gasteiger partial charge < -0.3 is 10.4 Å². The Labute approximate surface area is 175 Å². The van der Waals surface area contributed by atoms with Gasteiger partial charge in [-0.2, -0.15) is 0 Å². The first-order valence-electron chi connectivity index (χ1n) is 10.2. The van der Waals surface area contributed by atoms with Crippen LogP contribution in [0.3, 0.4) is 0 Å². The second-order valence-electron chi connectivity index (χ2n) is 8.51. The maximum atomic E-state index is 12.0. The van der Waals surface area contributed by atoms with Crippen LogP contribution in [0.5, 0.6) is 0 Å². The van der Waals surface area contributed by atoms with Gasteiger partial charge >= 0.3 is 0 Å². The van der Waals surface area contributed by atoms with E-state index in [1.807, 2.05) is 54.6 Å². The van der Waals surface area contributed by atoms with Crippen LogP contribution in [0.25, 0.3) is 0 Å². The number of anilines is 1. The molecule has 0 radical (unpaired) electrons. The molecule has 2 rings (SSSR count). The van der Waals surface area contributed by atoms with E-state index >= 15 is 0 Å². The molecular weight excluding hydrogens is 384 g/mol. The normalized spacial score (nSPS) is 14.4. The van der Waals surface area contributed by atoms with Crippen molar-refractivity contribution in [2.45, 2.75) is 57.3 Å². The van der Waals surface area contributed by atoms with Gasteiger partial charge in [0.1, 0.15) is 5.60 Å². The molecule has 2 aromatic rings. The third kappa shape index (κ3) is 6.56. The highest BCUT2D eigenvalue weighted by Crippen LogP contribution is 2.29. The van der Waals surface area contributed by atoms with Gasteiger partial charge in [-0.25, -0.2) is 13.1 Å². The summed E-state index contributed by atoms with van der Waals surface area (Å²) in [6, 6.07) is 17.5. The Morgan fingerprint density at radius 2 is 1.34 bits per heavy atom. The van der Waals surface area contributed by atoms with E-state index in [9.17, 15) is 13.5 Å². The lowest BCUT2D eigenvalue weighted by atomic mass is 9.88. The first-order chi connectivity index (χ1) is 13.5. The average Bonchev–Trinajstić information content (AvgIpc) is 2.67. The van der Waals surface area contributed by atoms with Crippen molar-refractivity contribution >= 4 is 15.7 Å². The molecular formula is C23H34N2O3S. The first kappa shape index (κ1) is 23.4. The molecule has 5 nitrogen and oxygen atoms in total. The van der Waals surface area contributed by atoms with Gasteiger partial charge in [0.15, 0.2) is 0 Å². The second-order valence-corrected chi connectivity index (χ2v) is 11.0. The molecule has 29 heavy (non-hydrogen) atoms. The molecule has 0 fully saturated rings. The van der Waals surface area contributed by atoms with Gasteiger partial charge in [-0.3, -0.25) is 0 Å². The van der Waals surface area contributed by atoms with Gasteiger partial charge in [0, 0.05) is 18.8 Å². The molecule has 1 atom stereocenters. The quantitative estimate of drug-likeness (QED) is 0.504. The largest absolute Gasteiger partial charge is 0.385 e. The van der Waals surface area contributed by atoms with E-state index in [0.29, 0.717) is 6.54 Å².